The predicted octanol–water partition coefficient (Wildman–Crippen LogP) is 4.60. The summed E-state index contributed by atoms with van der Waals surface area (Å²) in [4.78, 5) is 12.6. The number of hydrogen-bond acceptors (Lipinski definition) is 4. The fourth-order valence-electron chi connectivity index (χ4n) is 3.02. The Morgan fingerprint density at radius 2 is 2.14 bits per heavy atom. The average Bonchev–Trinajstić information content (AvgIpc) is 2.68. The number of fused-ring (bicyclic) bond motifs is 1. The van der Waals surface area contributed by atoms with Crippen molar-refractivity contribution in [1.82, 2.24) is 5.32 Å². The fourth-order valence-corrected chi connectivity index (χ4v) is 3.28. The van der Waals surface area contributed by atoms with Crippen LogP contribution in [0.4, 0.5) is 10.1 Å². The Bertz CT molecular complexity index is 862. The van der Waals surface area contributed by atoms with Gasteiger partial charge in [-0.2, -0.15) is 0 Å². The van der Waals surface area contributed by atoms with Crippen molar-refractivity contribution < 1.29 is 18.7 Å². The van der Waals surface area contributed by atoms with Crippen molar-refractivity contribution in [3.8, 4) is 11.5 Å². The molecule has 1 aliphatic rings. The first-order valence-corrected chi connectivity index (χ1v) is 9.25. The Hall–Kier alpha value is -2.02. The summed E-state index contributed by atoms with van der Waals surface area (Å²) >= 11 is 6.26. The van der Waals surface area contributed by atoms with E-state index in [4.69, 9.17) is 21.1 Å². The number of anilines is 1. The Morgan fingerprint density at radius 3 is 2.86 bits per heavy atom. The summed E-state index contributed by atoms with van der Waals surface area (Å²) in [6, 6.07) is 6.43. The number of halogens is 3. The third-order valence-electron chi connectivity index (χ3n) is 4.40. The van der Waals surface area contributed by atoms with Gasteiger partial charge in [-0.1, -0.05) is 24.6 Å². The standard InChI is InChI=1S/C20H22ClFN2O3.ClH/c1-3-8-27-19-15(21)9-13(10-17(19)26-2)20(25)24-16-5-4-12-11-23-7-6-14(12)18(16)22;/h4-5,9-10,23H,3,6-8,11H2,1-2H3,(H,24,25);1H. The fraction of sp³-hybridized carbons (Fsp3) is 0.350. The zero-order valence-electron chi connectivity index (χ0n) is 15.7. The Kier molecular flexibility index (Phi) is 7.92. The van der Waals surface area contributed by atoms with E-state index in [1.165, 1.54) is 19.2 Å². The molecular weight excluding hydrogens is 406 g/mol. The van der Waals surface area contributed by atoms with E-state index in [1.54, 1.807) is 6.07 Å². The average molecular weight is 429 g/mol. The molecule has 0 atom stereocenters. The van der Waals surface area contributed by atoms with Crippen molar-refractivity contribution in [2.24, 2.45) is 0 Å². The molecule has 0 aromatic heterocycles. The quantitative estimate of drug-likeness (QED) is 0.705. The molecule has 0 spiro atoms. The van der Waals surface area contributed by atoms with E-state index in [0.29, 0.717) is 43.2 Å². The van der Waals surface area contributed by atoms with Gasteiger partial charge in [0.15, 0.2) is 11.5 Å². The minimum atomic E-state index is -0.468. The lowest BCUT2D eigenvalue weighted by atomic mass is 9.99. The monoisotopic (exact) mass is 428 g/mol. The lowest BCUT2D eigenvalue weighted by Gasteiger charge is -2.19. The highest BCUT2D eigenvalue weighted by Crippen LogP contribution is 2.37. The summed E-state index contributed by atoms with van der Waals surface area (Å²) in [5, 5.41) is 6.10. The molecule has 152 valence electrons. The van der Waals surface area contributed by atoms with Gasteiger partial charge in [-0.15, -0.1) is 12.4 Å². The zero-order chi connectivity index (χ0) is 19.4. The van der Waals surface area contributed by atoms with Crippen molar-refractivity contribution in [2.45, 2.75) is 26.3 Å². The van der Waals surface area contributed by atoms with Crippen molar-refractivity contribution in [3.63, 3.8) is 0 Å². The number of amides is 1. The van der Waals surface area contributed by atoms with Crippen LogP contribution in [0.25, 0.3) is 0 Å². The third-order valence-corrected chi connectivity index (χ3v) is 4.68. The number of nitrogens with one attached hydrogen (secondary N) is 2. The molecule has 3 rings (SSSR count). The molecule has 0 saturated carbocycles. The van der Waals surface area contributed by atoms with Gasteiger partial charge in [0.2, 0.25) is 0 Å². The van der Waals surface area contributed by atoms with Gasteiger partial charge in [0.1, 0.15) is 5.82 Å². The Balaban J connectivity index is 0.00000280. The molecule has 1 amide bonds. The van der Waals surface area contributed by atoms with E-state index < -0.39 is 5.91 Å². The maximum absolute atomic E-state index is 14.7. The van der Waals surface area contributed by atoms with E-state index in [0.717, 1.165) is 12.0 Å². The van der Waals surface area contributed by atoms with Crippen molar-refractivity contribution in [3.05, 3.63) is 51.8 Å². The highest BCUT2D eigenvalue weighted by Gasteiger charge is 2.20. The molecular formula is C20H23Cl2FN2O3. The van der Waals surface area contributed by atoms with Crippen molar-refractivity contribution >= 4 is 35.6 Å². The van der Waals surface area contributed by atoms with Gasteiger partial charge < -0.3 is 20.1 Å². The first kappa shape index (κ1) is 22.3. The van der Waals surface area contributed by atoms with Gasteiger partial charge in [-0.05, 0) is 48.7 Å². The van der Waals surface area contributed by atoms with Crippen molar-refractivity contribution in [2.75, 3.05) is 25.6 Å². The van der Waals surface area contributed by atoms with Gasteiger partial charge in [-0.3, -0.25) is 4.79 Å². The topological polar surface area (TPSA) is 59.6 Å². The molecule has 28 heavy (non-hydrogen) atoms. The number of rotatable bonds is 6. The van der Waals surface area contributed by atoms with Crippen LogP contribution < -0.4 is 20.1 Å². The molecule has 5 nitrogen and oxygen atoms in total. The SMILES string of the molecule is CCCOc1c(Cl)cc(C(=O)Nc2ccc3c(c2F)CCNC3)cc1OC.Cl. The zero-order valence-corrected chi connectivity index (χ0v) is 17.3. The molecule has 2 N–H and O–H groups in total. The summed E-state index contributed by atoms with van der Waals surface area (Å²) in [5.41, 5.74) is 1.98. The number of hydrogen-bond donors (Lipinski definition) is 2. The van der Waals surface area contributed by atoms with Crippen LogP contribution in [0.2, 0.25) is 5.02 Å². The van der Waals surface area contributed by atoms with Gasteiger partial charge in [0.05, 0.1) is 24.4 Å². The summed E-state index contributed by atoms with van der Waals surface area (Å²) in [6.07, 6.45) is 1.41. The first-order chi connectivity index (χ1) is 13.0. The second kappa shape index (κ2) is 9.96. The van der Waals surface area contributed by atoms with Gasteiger partial charge in [-0.25, -0.2) is 4.39 Å². The van der Waals surface area contributed by atoms with Crippen LogP contribution in [0, 0.1) is 5.82 Å². The molecule has 0 aliphatic carbocycles. The van der Waals surface area contributed by atoms with Crippen molar-refractivity contribution in [1.29, 1.82) is 0 Å². The normalized spacial score (nSPS) is 12.6. The lowest BCUT2D eigenvalue weighted by Crippen LogP contribution is -2.25. The molecule has 1 aliphatic heterocycles. The van der Waals surface area contributed by atoms with Gasteiger partial charge >= 0.3 is 0 Å². The number of methoxy groups -OCH3 is 1. The summed E-state index contributed by atoms with van der Waals surface area (Å²) in [6.45, 7) is 3.81. The summed E-state index contributed by atoms with van der Waals surface area (Å²) < 4.78 is 25.6. The largest absolute Gasteiger partial charge is 0.493 e. The number of carbonyl (C=O) groups excluding carboxylic acids is 1. The Morgan fingerprint density at radius 1 is 1.36 bits per heavy atom. The van der Waals surface area contributed by atoms with Crippen LogP contribution in [0.5, 0.6) is 11.5 Å². The minimum Gasteiger partial charge on any atom is -0.493 e. The maximum Gasteiger partial charge on any atom is 0.255 e. The molecule has 8 heteroatoms. The molecule has 0 bridgehead atoms. The predicted molar refractivity (Wildman–Crippen MR) is 111 cm³/mol. The highest BCUT2D eigenvalue weighted by atomic mass is 35.5. The van der Waals surface area contributed by atoms with Crippen LogP contribution in [-0.2, 0) is 13.0 Å². The molecule has 0 unspecified atom stereocenters. The number of carbonyl (C=O) groups is 1. The number of ether oxygens (including phenoxy) is 2. The van der Waals surface area contributed by atoms with E-state index in [2.05, 4.69) is 10.6 Å². The first-order valence-electron chi connectivity index (χ1n) is 8.87. The molecule has 0 saturated heterocycles. The van der Waals surface area contributed by atoms with Crippen LogP contribution in [-0.4, -0.2) is 26.2 Å². The molecule has 0 fully saturated rings. The van der Waals surface area contributed by atoms with Crippen LogP contribution in [0.3, 0.4) is 0 Å². The van der Waals surface area contributed by atoms with E-state index >= 15 is 0 Å². The second-order valence-electron chi connectivity index (χ2n) is 6.28. The smallest absolute Gasteiger partial charge is 0.255 e. The molecule has 1 heterocycles. The van der Waals surface area contributed by atoms with Crippen LogP contribution in [0.1, 0.15) is 34.8 Å². The Labute approximate surface area is 175 Å². The summed E-state index contributed by atoms with van der Waals surface area (Å²) in [5.74, 6) is -0.101. The van der Waals surface area contributed by atoms with Gasteiger partial charge in [0.25, 0.3) is 5.91 Å². The van der Waals surface area contributed by atoms with Crippen LogP contribution in [0.15, 0.2) is 24.3 Å². The minimum absolute atomic E-state index is 0. The second-order valence-corrected chi connectivity index (χ2v) is 6.69. The van der Waals surface area contributed by atoms with E-state index in [9.17, 15) is 9.18 Å². The van der Waals surface area contributed by atoms with Crippen LogP contribution >= 0.6 is 24.0 Å². The van der Waals surface area contributed by atoms with E-state index in [-0.39, 0.29) is 34.5 Å². The number of benzene rings is 2. The molecule has 2 aromatic carbocycles. The molecule has 2 aromatic rings. The summed E-state index contributed by atoms with van der Waals surface area (Å²) in [7, 11) is 1.48. The third kappa shape index (κ3) is 4.69. The lowest BCUT2D eigenvalue weighted by molar-refractivity contribution is 0.102. The van der Waals surface area contributed by atoms with E-state index in [1.807, 2.05) is 13.0 Å². The maximum atomic E-state index is 14.7. The van der Waals surface area contributed by atoms with Gasteiger partial charge in [0, 0.05) is 12.1 Å². The molecule has 0 radical (unpaired) electrons. The highest BCUT2D eigenvalue weighted by molar-refractivity contribution is 6.32.